The van der Waals surface area contributed by atoms with E-state index in [1.165, 1.54) is 63.5 Å². The van der Waals surface area contributed by atoms with Crippen molar-refractivity contribution in [1.29, 1.82) is 0 Å². The number of rotatable bonds is 14. The molecular formula is C23H40O3S. The minimum Gasteiger partial charge on any atom is -0.282 e. The van der Waals surface area contributed by atoms with E-state index in [1.807, 2.05) is 0 Å². The van der Waals surface area contributed by atoms with Gasteiger partial charge in [0.15, 0.2) is 0 Å². The molecule has 0 aromatic heterocycles. The van der Waals surface area contributed by atoms with Crippen LogP contribution in [-0.2, 0) is 16.5 Å². The zero-order valence-corrected chi connectivity index (χ0v) is 18.6. The van der Waals surface area contributed by atoms with Crippen LogP contribution >= 0.6 is 0 Å². The maximum atomic E-state index is 11.0. The van der Waals surface area contributed by atoms with Gasteiger partial charge in [-0.3, -0.25) is 4.55 Å². The predicted octanol–water partition coefficient (Wildman–Crippen LogP) is 6.91. The molecule has 0 saturated heterocycles. The van der Waals surface area contributed by atoms with E-state index in [1.54, 1.807) is 12.1 Å². The molecule has 0 amide bonds. The summed E-state index contributed by atoms with van der Waals surface area (Å²) in [6, 6.07) is 6.56. The summed E-state index contributed by atoms with van der Waals surface area (Å²) >= 11 is 0. The summed E-state index contributed by atoms with van der Waals surface area (Å²) < 4.78 is 31.1. The van der Waals surface area contributed by atoms with E-state index >= 15 is 0 Å². The van der Waals surface area contributed by atoms with Crippen molar-refractivity contribution in [2.45, 2.75) is 96.8 Å². The summed E-state index contributed by atoms with van der Waals surface area (Å²) in [7, 11) is -4.08. The Morgan fingerprint density at radius 2 is 1.22 bits per heavy atom. The first-order valence-corrected chi connectivity index (χ1v) is 12.2. The van der Waals surface area contributed by atoms with Gasteiger partial charge in [0, 0.05) is 0 Å². The molecule has 0 aliphatic rings. The van der Waals surface area contributed by atoms with Gasteiger partial charge in [0.2, 0.25) is 0 Å². The van der Waals surface area contributed by atoms with Gasteiger partial charge in [0.1, 0.15) is 0 Å². The van der Waals surface area contributed by atoms with Crippen LogP contribution in [0.25, 0.3) is 0 Å². The Morgan fingerprint density at radius 1 is 0.741 bits per heavy atom. The lowest BCUT2D eigenvalue weighted by atomic mass is 9.91. The fourth-order valence-corrected chi connectivity index (χ4v) is 4.11. The van der Waals surface area contributed by atoms with E-state index in [2.05, 4.69) is 27.7 Å². The number of benzene rings is 1. The molecule has 0 aliphatic heterocycles. The standard InChI is InChI=1S/C23H40O3S/c1-19(2)9-7-11-21(4)13-8-12-20(3)10-5-6-14-22-15-17-23(18-16-22)27(24,25)26/h15-21H,5-14H2,1-4H3,(H,24,25,26). The fraction of sp³-hybridized carbons (Fsp3) is 0.739. The van der Waals surface area contributed by atoms with Gasteiger partial charge < -0.3 is 0 Å². The summed E-state index contributed by atoms with van der Waals surface area (Å²) in [5.41, 5.74) is 1.13. The largest absolute Gasteiger partial charge is 0.294 e. The van der Waals surface area contributed by atoms with E-state index in [-0.39, 0.29) is 4.90 Å². The minimum atomic E-state index is -4.08. The molecule has 0 heterocycles. The van der Waals surface area contributed by atoms with Crippen molar-refractivity contribution < 1.29 is 13.0 Å². The summed E-state index contributed by atoms with van der Waals surface area (Å²) in [5.74, 6) is 2.48. The average Bonchev–Trinajstić information content (AvgIpc) is 2.58. The van der Waals surface area contributed by atoms with Crippen molar-refractivity contribution in [3.8, 4) is 0 Å². The van der Waals surface area contributed by atoms with Gasteiger partial charge in [0.25, 0.3) is 10.1 Å². The van der Waals surface area contributed by atoms with E-state index < -0.39 is 10.1 Å². The first-order valence-electron chi connectivity index (χ1n) is 10.7. The normalized spacial score (nSPS) is 14.4. The van der Waals surface area contributed by atoms with E-state index in [9.17, 15) is 8.42 Å². The highest BCUT2D eigenvalue weighted by Crippen LogP contribution is 2.22. The predicted molar refractivity (Wildman–Crippen MR) is 115 cm³/mol. The van der Waals surface area contributed by atoms with Crippen molar-refractivity contribution >= 4 is 10.1 Å². The second-order valence-corrected chi connectivity index (χ2v) is 10.3. The molecule has 1 aromatic carbocycles. The summed E-state index contributed by atoms with van der Waals surface area (Å²) in [5, 5.41) is 0. The maximum Gasteiger partial charge on any atom is 0.294 e. The van der Waals surface area contributed by atoms with Crippen LogP contribution in [0.5, 0.6) is 0 Å². The molecule has 1 N–H and O–H groups in total. The van der Waals surface area contributed by atoms with Gasteiger partial charge in [-0.15, -0.1) is 0 Å². The molecule has 1 aromatic rings. The average molecular weight is 397 g/mol. The molecule has 0 radical (unpaired) electrons. The van der Waals surface area contributed by atoms with E-state index in [4.69, 9.17) is 4.55 Å². The number of hydrogen-bond acceptors (Lipinski definition) is 2. The third-order valence-electron chi connectivity index (χ3n) is 5.51. The minimum absolute atomic E-state index is 0.0293. The molecule has 2 unspecified atom stereocenters. The third kappa shape index (κ3) is 11.5. The summed E-state index contributed by atoms with van der Waals surface area (Å²) in [6.45, 7) is 9.38. The fourth-order valence-electron chi connectivity index (χ4n) is 3.63. The highest BCUT2D eigenvalue weighted by atomic mass is 32.2. The molecule has 0 saturated carbocycles. The lowest BCUT2D eigenvalue weighted by molar-refractivity contribution is 0.387. The van der Waals surface area contributed by atoms with Crippen LogP contribution in [0.4, 0.5) is 0 Å². The lowest BCUT2D eigenvalue weighted by Crippen LogP contribution is -2.00. The topological polar surface area (TPSA) is 54.4 Å². The Hall–Kier alpha value is -0.870. The lowest BCUT2D eigenvalue weighted by Gasteiger charge is -2.15. The van der Waals surface area contributed by atoms with E-state index in [0.29, 0.717) is 0 Å². The van der Waals surface area contributed by atoms with Crippen LogP contribution in [0.1, 0.15) is 91.0 Å². The Balaban J connectivity index is 2.11. The van der Waals surface area contributed by atoms with Crippen molar-refractivity contribution in [2.75, 3.05) is 0 Å². The van der Waals surface area contributed by atoms with Crippen molar-refractivity contribution in [2.24, 2.45) is 17.8 Å². The Morgan fingerprint density at radius 3 is 1.70 bits per heavy atom. The molecule has 4 heteroatoms. The monoisotopic (exact) mass is 396 g/mol. The molecule has 1 rings (SSSR count). The highest BCUT2D eigenvalue weighted by Gasteiger charge is 2.09. The molecule has 0 spiro atoms. The number of aryl methyl sites for hydroxylation is 1. The van der Waals surface area contributed by atoms with Gasteiger partial charge >= 0.3 is 0 Å². The second-order valence-electron chi connectivity index (χ2n) is 8.83. The SMILES string of the molecule is CC(C)CCCC(C)CCCC(C)CCCCc1ccc(S(=O)(=O)O)cc1. The number of unbranched alkanes of at least 4 members (excludes halogenated alkanes) is 1. The van der Waals surface area contributed by atoms with Gasteiger partial charge in [-0.1, -0.05) is 91.2 Å². The van der Waals surface area contributed by atoms with Crippen molar-refractivity contribution in [3.05, 3.63) is 29.8 Å². The molecule has 0 fully saturated rings. The zero-order chi connectivity index (χ0) is 20.3. The van der Waals surface area contributed by atoms with Crippen LogP contribution in [0, 0.1) is 17.8 Å². The Labute approximate surface area is 167 Å². The van der Waals surface area contributed by atoms with Crippen LogP contribution < -0.4 is 0 Å². The van der Waals surface area contributed by atoms with Gasteiger partial charge in [-0.25, -0.2) is 0 Å². The Bertz CT molecular complexity index is 605. The number of hydrogen-bond donors (Lipinski definition) is 1. The molecule has 0 bridgehead atoms. The van der Waals surface area contributed by atoms with Gasteiger partial charge in [-0.05, 0) is 48.3 Å². The zero-order valence-electron chi connectivity index (χ0n) is 17.8. The van der Waals surface area contributed by atoms with Crippen LogP contribution in [-0.4, -0.2) is 13.0 Å². The first-order chi connectivity index (χ1) is 12.7. The van der Waals surface area contributed by atoms with Gasteiger partial charge in [-0.2, -0.15) is 8.42 Å². The first kappa shape index (κ1) is 24.2. The third-order valence-corrected chi connectivity index (χ3v) is 6.37. The smallest absolute Gasteiger partial charge is 0.282 e. The molecular weight excluding hydrogens is 356 g/mol. The van der Waals surface area contributed by atoms with Crippen LogP contribution in [0.3, 0.4) is 0 Å². The van der Waals surface area contributed by atoms with Crippen molar-refractivity contribution in [1.82, 2.24) is 0 Å². The summed E-state index contributed by atoms with van der Waals surface area (Å²) in [6.07, 6.45) is 12.7. The van der Waals surface area contributed by atoms with E-state index in [0.717, 1.165) is 36.2 Å². The maximum absolute atomic E-state index is 11.0. The Kier molecular flexibility index (Phi) is 11.2. The summed E-state index contributed by atoms with van der Waals surface area (Å²) in [4.78, 5) is -0.0293. The quantitative estimate of drug-likeness (QED) is 0.274. The van der Waals surface area contributed by atoms with Crippen LogP contribution in [0.15, 0.2) is 29.2 Å². The molecule has 27 heavy (non-hydrogen) atoms. The molecule has 0 aliphatic carbocycles. The molecule has 156 valence electrons. The second kappa shape index (κ2) is 12.6. The van der Waals surface area contributed by atoms with Crippen molar-refractivity contribution in [3.63, 3.8) is 0 Å². The van der Waals surface area contributed by atoms with Crippen LogP contribution in [0.2, 0.25) is 0 Å². The molecule has 2 atom stereocenters. The highest BCUT2D eigenvalue weighted by molar-refractivity contribution is 7.85. The molecule has 3 nitrogen and oxygen atoms in total. The van der Waals surface area contributed by atoms with Gasteiger partial charge in [0.05, 0.1) is 4.90 Å².